The molecule has 464 valence electrons. The maximum Gasteiger partial charge on any atom is 0.474 e. The van der Waals surface area contributed by atoms with Crippen LogP contribution in [0, 0.1) is 0 Å². The smallest absolute Gasteiger partial charge is 0.287 e. The molecule has 0 saturated carbocycles. The van der Waals surface area contributed by atoms with Crippen LogP contribution in [0.2, 0.25) is 0 Å². The molecule has 0 aliphatic rings. The fraction of sp³-hybridized carbons (Fsp3) is 1.00. The molecule has 0 spiro atoms. The van der Waals surface area contributed by atoms with Crippen molar-refractivity contribution in [2.24, 2.45) is 0 Å². The summed E-state index contributed by atoms with van der Waals surface area (Å²) in [7, 11) is -7.88. The predicted octanol–water partition coefficient (Wildman–Crippen LogP) is 16.4. The van der Waals surface area contributed by atoms with Crippen LogP contribution in [0.1, 0.15) is 19.3 Å². The molecular formula is C27H12F45O4P. The molecule has 50 heteroatoms. The lowest BCUT2D eigenvalue weighted by Gasteiger charge is -2.43. The Kier molecular flexibility index (Phi) is 19.1. The van der Waals surface area contributed by atoms with E-state index in [9.17, 15) is 202 Å². The molecule has 0 aromatic heterocycles. The van der Waals surface area contributed by atoms with Crippen molar-refractivity contribution in [1.29, 1.82) is 0 Å². The van der Waals surface area contributed by atoms with Gasteiger partial charge in [0.1, 0.15) is 0 Å². The molecule has 0 bridgehead atoms. The summed E-state index contributed by atoms with van der Waals surface area (Å²) in [5.74, 6) is -105. The summed E-state index contributed by atoms with van der Waals surface area (Å²) >= 11 is 0. The number of rotatable bonds is 24. The second kappa shape index (κ2) is 19.9. The van der Waals surface area contributed by atoms with Crippen molar-refractivity contribution in [3.63, 3.8) is 0 Å². The minimum atomic E-state index is -9.30. The topological polar surface area (TPSA) is 44.8 Å². The van der Waals surface area contributed by atoms with Crippen molar-refractivity contribution in [3.8, 4) is 0 Å². The van der Waals surface area contributed by atoms with Crippen LogP contribution in [0.5, 0.6) is 0 Å². The first-order chi connectivity index (χ1) is 32.6. The third-order valence-electron chi connectivity index (χ3n) is 9.38. The Hall–Kier alpha value is -3.04. The maximum atomic E-state index is 14.3. The van der Waals surface area contributed by atoms with Gasteiger partial charge in [0, 0.05) is 19.3 Å². The standard InChI is InChI=1S/C27H12F45O4P/c28-7(29,13(37,38)19(49,50)16(43,44)10(34,22(55,56)57)23(58,59)60)1-4-74-77(73,75-5-2-8(30,31)14(39,40)20(51,52)17(45,46)11(35,24(61,62)63)25(64,65)66)76-6-3-9(32,33)15(41,42)21(53,54)18(47,48)12(36,26(67,68)69)27(70,71)72/h1-6H2. The molecule has 0 N–H and O–H groups in total. The summed E-state index contributed by atoms with van der Waals surface area (Å²) in [6.45, 7) is -11.1. The SMILES string of the molecule is O=P(OCCC(F)(F)C(F)(F)C(F)(F)C(F)(F)C(F)(C(F)(F)F)C(F)(F)F)(OCCC(F)(F)C(F)(F)C(F)(F)C(F)(F)C(F)(C(F)(F)F)C(F)(F)F)OCCC(F)(F)C(F)(F)C(F)(F)C(F)(F)C(F)(C(F)(F)F)C(F)(F)F. The molecule has 77 heavy (non-hydrogen) atoms. The van der Waals surface area contributed by atoms with Crippen molar-refractivity contribution in [1.82, 2.24) is 0 Å². The van der Waals surface area contributed by atoms with Crippen molar-refractivity contribution in [3.05, 3.63) is 0 Å². The zero-order valence-corrected chi connectivity index (χ0v) is 34.7. The third-order valence-corrected chi connectivity index (χ3v) is 10.9. The monoisotopic (exact) mass is 1290 g/mol. The molecule has 0 heterocycles. The normalized spacial score (nSPS) is 16.9. The maximum absolute atomic E-state index is 14.3. The quantitative estimate of drug-likeness (QED) is 0.0714. The van der Waals surface area contributed by atoms with Gasteiger partial charge >= 0.3 is 133 Å². The van der Waals surface area contributed by atoms with Crippen LogP contribution in [0.3, 0.4) is 0 Å². The largest absolute Gasteiger partial charge is 0.474 e. The fourth-order valence-corrected chi connectivity index (χ4v) is 6.09. The van der Waals surface area contributed by atoms with E-state index in [1.54, 1.807) is 0 Å². The summed E-state index contributed by atoms with van der Waals surface area (Å²) < 4.78 is 629. The van der Waals surface area contributed by atoms with Gasteiger partial charge in [0.15, 0.2) is 0 Å². The average molecular weight is 1290 g/mol. The first-order valence-electron chi connectivity index (χ1n) is 17.2. The van der Waals surface area contributed by atoms with Gasteiger partial charge < -0.3 is 0 Å². The van der Waals surface area contributed by atoms with Crippen LogP contribution in [0.25, 0.3) is 0 Å². The second-order valence-corrected chi connectivity index (χ2v) is 16.1. The molecule has 0 saturated heterocycles. The molecule has 0 unspecified atom stereocenters. The van der Waals surface area contributed by atoms with Crippen LogP contribution in [-0.4, -0.2) is 145 Å². The Bertz CT molecular complexity index is 1790. The van der Waals surface area contributed by atoms with Gasteiger partial charge in [-0.2, -0.15) is 184 Å². The highest BCUT2D eigenvalue weighted by molar-refractivity contribution is 7.48. The minimum Gasteiger partial charge on any atom is -0.287 e. The molecule has 0 rings (SSSR count). The minimum absolute atomic E-state index is 3.05. The first kappa shape index (κ1) is 74.0. The van der Waals surface area contributed by atoms with E-state index in [0.717, 1.165) is 0 Å². The van der Waals surface area contributed by atoms with Crippen molar-refractivity contribution in [2.75, 3.05) is 19.8 Å². The Morgan fingerprint density at radius 3 is 0.455 bits per heavy atom. The van der Waals surface area contributed by atoms with E-state index >= 15 is 0 Å². The average Bonchev–Trinajstić information content (AvgIpc) is 3.15. The van der Waals surface area contributed by atoms with Crippen LogP contribution >= 0.6 is 7.82 Å². The molecule has 0 fully saturated rings. The van der Waals surface area contributed by atoms with Gasteiger partial charge in [-0.25, -0.2) is 17.7 Å². The van der Waals surface area contributed by atoms with Gasteiger partial charge in [0.05, 0.1) is 19.8 Å². The summed E-state index contributed by atoms with van der Waals surface area (Å²) in [5, 5.41) is 0. The number of hydrogen-bond donors (Lipinski definition) is 0. The third kappa shape index (κ3) is 11.0. The molecule has 0 aliphatic heterocycles. The zero-order chi connectivity index (χ0) is 63.4. The van der Waals surface area contributed by atoms with E-state index < -0.39 is 172 Å². The predicted molar refractivity (Wildman–Crippen MR) is 147 cm³/mol. The van der Waals surface area contributed by atoms with Crippen LogP contribution in [0.4, 0.5) is 198 Å². The van der Waals surface area contributed by atoms with Gasteiger partial charge in [0.2, 0.25) is 0 Å². The molecule has 0 aliphatic carbocycles. The molecule has 0 amide bonds. The molecule has 0 atom stereocenters. The number of phosphoric ester groups is 1. The Labute approximate surface area is 389 Å². The van der Waals surface area contributed by atoms with Crippen LogP contribution in [0.15, 0.2) is 0 Å². The van der Waals surface area contributed by atoms with Gasteiger partial charge in [-0.15, -0.1) is 0 Å². The lowest BCUT2D eigenvalue weighted by molar-refractivity contribution is -0.457. The van der Waals surface area contributed by atoms with Crippen molar-refractivity contribution >= 4 is 7.82 Å². The molecule has 4 nitrogen and oxygen atoms in total. The zero-order valence-electron chi connectivity index (χ0n) is 33.8. The molecule has 0 aromatic carbocycles. The highest BCUT2D eigenvalue weighted by atomic mass is 31.2. The summed E-state index contributed by atoms with van der Waals surface area (Å²) in [6.07, 6.45) is -64.4. The van der Waals surface area contributed by atoms with E-state index in [4.69, 9.17) is 0 Å². The molecular weight excluding hydrogens is 1270 g/mol. The number of alkyl halides is 45. The first-order valence-corrected chi connectivity index (χ1v) is 18.6. The highest BCUT2D eigenvalue weighted by Gasteiger charge is 2.98. The Morgan fingerprint density at radius 1 is 0.208 bits per heavy atom. The molecule has 0 radical (unpaired) electrons. The number of hydrogen-bond acceptors (Lipinski definition) is 4. The van der Waals surface area contributed by atoms with Gasteiger partial charge in [-0.05, 0) is 0 Å². The summed E-state index contributed by atoms with van der Waals surface area (Å²) in [6, 6.07) is 0. The Morgan fingerprint density at radius 2 is 0.338 bits per heavy atom. The number of halogens is 45. The second-order valence-electron chi connectivity index (χ2n) is 14.4. The van der Waals surface area contributed by atoms with Gasteiger partial charge in [-0.3, -0.25) is 13.6 Å². The van der Waals surface area contributed by atoms with E-state index in [-0.39, 0.29) is 0 Å². The van der Waals surface area contributed by atoms with Gasteiger partial charge in [0.25, 0.3) is 0 Å². The van der Waals surface area contributed by atoms with Gasteiger partial charge in [-0.1, -0.05) is 0 Å². The van der Waals surface area contributed by atoms with E-state index in [1.165, 1.54) is 0 Å². The Balaban J connectivity index is 7.65. The number of phosphoric acid groups is 1. The lowest BCUT2D eigenvalue weighted by atomic mass is 9.85. The van der Waals surface area contributed by atoms with Crippen LogP contribution < -0.4 is 0 Å². The van der Waals surface area contributed by atoms with E-state index in [2.05, 4.69) is 13.6 Å². The van der Waals surface area contributed by atoms with E-state index in [1.807, 2.05) is 0 Å². The van der Waals surface area contributed by atoms with Crippen molar-refractivity contribution < 1.29 is 216 Å². The van der Waals surface area contributed by atoms with Crippen molar-refractivity contribution in [2.45, 2.75) is 144 Å². The summed E-state index contributed by atoms with van der Waals surface area (Å²) in [5.41, 5.74) is -27.2. The van der Waals surface area contributed by atoms with E-state index in [0.29, 0.717) is 0 Å². The molecule has 0 aromatic rings. The van der Waals surface area contributed by atoms with Crippen LogP contribution in [-0.2, 0) is 18.1 Å². The lowest BCUT2D eigenvalue weighted by Crippen LogP contribution is -2.75. The fourth-order valence-electron chi connectivity index (χ4n) is 4.92. The summed E-state index contributed by atoms with van der Waals surface area (Å²) in [4.78, 5) is 0. The highest BCUT2D eigenvalue weighted by Crippen LogP contribution is 2.68.